The molecule has 3 N–H and O–H groups in total. The van der Waals surface area contributed by atoms with Gasteiger partial charge in [0.25, 0.3) is 11.6 Å². The van der Waals surface area contributed by atoms with E-state index in [2.05, 4.69) is 16.0 Å². The summed E-state index contributed by atoms with van der Waals surface area (Å²) in [5.74, 6) is -0.693. The Morgan fingerprint density at radius 3 is 2.26 bits per heavy atom. The molecule has 0 aliphatic rings. The van der Waals surface area contributed by atoms with Crippen LogP contribution in [0.5, 0.6) is 0 Å². The molecule has 9 nitrogen and oxygen atoms in total. The number of nitrogens with one attached hydrogen (secondary N) is 3. The number of hydrogen-bond donors (Lipinski definition) is 3. The van der Waals surface area contributed by atoms with Crippen LogP contribution >= 0.6 is 0 Å². The fraction of sp³-hybridized carbons (Fsp3) is 0.222. The summed E-state index contributed by atoms with van der Waals surface area (Å²) in [5.41, 5.74) is 1.51. The number of anilines is 3. The first kappa shape index (κ1) is 19.9. The van der Waals surface area contributed by atoms with E-state index in [0.717, 1.165) is 0 Å². The lowest BCUT2D eigenvalue weighted by Crippen LogP contribution is -2.17. The zero-order chi connectivity index (χ0) is 19.8. The smallest absolute Gasteiger partial charge is 0.270 e. The van der Waals surface area contributed by atoms with Crippen LogP contribution in [0.15, 0.2) is 42.5 Å². The van der Waals surface area contributed by atoms with E-state index in [4.69, 9.17) is 4.74 Å². The molecule has 0 saturated heterocycles. The summed E-state index contributed by atoms with van der Waals surface area (Å²) < 4.78 is 4.96. The van der Waals surface area contributed by atoms with Gasteiger partial charge in [-0.2, -0.15) is 0 Å². The van der Waals surface area contributed by atoms with Crippen LogP contribution in [-0.4, -0.2) is 37.0 Å². The number of rotatable bonds is 8. The molecular weight excluding hydrogens is 352 g/mol. The number of hydrogen-bond acceptors (Lipinski definition) is 6. The third-order valence-electron chi connectivity index (χ3n) is 3.54. The molecule has 0 fully saturated rings. The van der Waals surface area contributed by atoms with Gasteiger partial charge in [0.2, 0.25) is 5.91 Å². The van der Waals surface area contributed by atoms with Gasteiger partial charge in [0.1, 0.15) is 0 Å². The summed E-state index contributed by atoms with van der Waals surface area (Å²) in [4.78, 5) is 34.1. The average molecular weight is 372 g/mol. The Morgan fingerprint density at radius 1 is 1.07 bits per heavy atom. The molecule has 2 rings (SSSR count). The highest BCUT2D eigenvalue weighted by molar-refractivity contribution is 6.08. The Balaban J connectivity index is 2.20. The van der Waals surface area contributed by atoms with Crippen LogP contribution in [0.4, 0.5) is 22.7 Å². The lowest BCUT2D eigenvalue weighted by Gasteiger charge is -2.12. The van der Waals surface area contributed by atoms with E-state index in [1.54, 1.807) is 31.4 Å². The topological polar surface area (TPSA) is 123 Å². The van der Waals surface area contributed by atoms with Crippen molar-refractivity contribution in [2.75, 3.05) is 36.2 Å². The first-order valence-electron chi connectivity index (χ1n) is 8.11. The highest BCUT2D eigenvalue weighted by Gasteiger charge is 2.17. The minimum Gasteiger partial charge on any atom is -0.383 e. The van der Waals surface area contributed by atoms with Gasteiger partial charge < -0.3 is 20.7 Å². The average Bonchev–Trinajstić information content (AvgIpc) is 2.63. The molecule has 0 aliphatic carbocycles. The Kier molecular flexibility index (Phi) is 6.84. The van der Waals surface area contributed by atoms with Crippen molar-refractivity contribution >= 4 is 34.6 Å². The van der Waals surface area contributed by atoms with Gasteiger partial charge in [-0.1, -0.05) is 0 Å². The van der Waals surface area contributed by atoms with E-state index < -0.39 is 10.8 Å². The van der Waals surface area contributed by atoms with Crippen LogP contribution in [-0.2, 0) is 9.53 Å². The van der Waals surface area contributed by atoms with Crippen LogP contribution in [0.1, 0.15) is 17.3 Å². The quantitative estimate of drug-likeness (QED) is 0.372. The first-order valence-corrected chi connectivity index (χ1v) is 8.11. The Hall–Kier alpha value is -3.46. The molecule has 0 radical (unpaired) electrons. The van der Waals surface area contributed by atoms with Crippen molar-refractivity contribution in [1.29, 1.82) is 0 Å². The number of nitro benzene ring substituents is 1. The van der Waals surface area contributed by atoms with Gasteiger partial charge in [-0.15, -0.1) is 0 Å². The maximum absolute atomic E-state index is 12.6. The van der Waals surface area contributed by atoms with E-state index in [9.17, 15) is 19.7 Å². The summed E-state index contributed by atoms with van der Waals surface area (Å²) in [5, 5.41) is 19.4. The van der Waals surface area contributed by atoms with Gasteiger partial charge in [0.15, 0.2) is 0 Å². The van der Waals surface area contributed by atoms with Crippen molar-refractivity contribution < 1.29 is 19.2 Å². The molecule has 0 heterocycles. The Labute approximate surface area is 155 Å². The number of carbonyl (C=O) groups is 2. The number of amides is 2. The second-order valence-corrected chi connectivity index (χ2v) is 5.62. The van der Waals surface area contributed by atoms with Crippen LogP contribution < -0.4 is 16.0 Å². The normalized spacial score (nSPS) is 10.1. The molecule has 27 heavy (non-hydrogen) atoms. The SMILES string of the molecule is COCCNc1ccc([N+](=O)[O-])cc1C(=O)Nc1ccc(NC(C)=O)cc1. The first-order chi connectivity index (χ1) is 12.9. The van der Waals surface area contributed by atoms with Gasteiger partial charge in [-0.25, -0.2) is 0 Å². The minimum atomic E-state index is -0.558. The van der Waals surface area contributed by atoms with Crippen molar-refractivity contribution in [1.82, 2.24) is 0 Å². The van der Waals surface area contributed by atoms with Gasteiger partial charge in [0, 0.05) is 49.8 Å². The van der Waals surface area contributed by atoms with Crippen LogP contribution in [0.25, 0.3) is 0 Å². The van der Waals surface area contributed by atoms with Gasteiger partial charge in [-0.05, 0) is 30.3 Å². The number of ether oxygens (including phenoxy) is 1. The molecule has 142 valence electrons. The van der Waals surface area contributed by atoms with Crippen molar-refractivity contribution in [2.24, 2.45) is 0 Å². The monoisotopic (exact) mass is 372 g/mol. The molecule has 2 amide bonds. The molecule has 0 saturated carbocycles. The van der Waals surface area contributed by atoms with E-state index in [1.807, 2.05) is 0 Å². The van der Waals surface area contributed by atoms with E-state index in [0.29, 0.717) is 30.2 Å². The summed E-state index contributed by atoms with van der Waals surface area (Å²) >= 11 is 0. The highest BCUT2D eigenvalue weighted by atomic mass is 16.6. The van der Waals surface area contributed by atoms with E-state index >= 15 is 0 Å². The molecule has 2 aromatic carbocycles. The van der Waals surface area contributed by atoms with E-state index in [1.165, 1.54) is 25.1 Å². The highest BCUT2D eigenvalue weighted by Crippen LogP contribution is 2.24. The third-order valence-corrected chi connectivity index (χ3v) is 3.54. The molecule has 9 heteroatoms. The van der Waals surface area contributed by atoms with Crippen molar-refractivity contribution in [3.05, 3.63) is 58.1 Å². The Bertz CT molecular complexity index is 836. The number of nitro groups is 1. The summed E-state index contributed by atoms with van der Waals surface area (Å²) in [6.07, 6.45) is 0. The molecule has 0 aromatic heterocycles. The lowest BCUT2D eigenvalue weighted by molar-refractivity contribution is -0.384. The number of nitrogens with zero attached hydrogens (tertiary/aromatic N) is 1. The number of non-ortho nitro benzene ring substituents is 1. The summed E-state index contributed by atoms with van der Waals surface area (Å²) in [6.45, 7) is 2.26. The third kappa shape index (κ3) is 5.79. The number of benzene rings is 2. The van der Waals surface area contributed by atoms with Crippen LogP contribution in [0, 0.1) is 10.1 Å². The van der Waals surface area contributed by atoms with Gasteiger partial charge >= 0.3 is 0 Å². The zero-order valence-electron chi connectivity index (χ0n) is 14.9. The second kappa shape index (κ2) is 9.30. The van der Waals surface area contributed by atoms with Gasteiger partial charge in [0.05, 0.1) is 17.1 Å². The second-order valence-electron chi connectivity index (χ2n) is 5.62. The van der Waals surface area contributed by atoms with Crippen molar-refractivity contribution in [3.8, 4) is 0 Å². The summed E-state index contributed by atoms with van der Waals surface area (Å²) in [6, 6.07) is 10.6. The largest absolute Gasteiger partial charge is 0.383 e. The molecule has 2 aromatic rings. The van der Waals surface area contributed by atoms with Crippen LogP contribution in [0.3, 0.4) is 0 Å². The molecule has 0 bridgehead atoms. The Morgan fingerprint density at radius 2 is 1.70 bits per heavy atom. The minimum absolute atomic E-state index is 0.145. The number of methoxy groups -OCH3 is 1. The fourth-order valence-corrected chi connectivity index (χ4v) is 2.31. The molecule has 0 unspecified atom stereocenters. The molecule has 0 atom stereocenters. The lowest BCUT2D eigenvalue weighted by atomic mass is 10.1. The number of carbonyl (C=O) groups excluding carboxylic acids is 2. The van der Waals surface area contributed by atoms with E-state index in [-0.39, 0.29) is 17.2 Å². The predicted molar refractivity (Wildman–Crippen MR) is 102 cm³/mol. The standard InChI is InChI=1S/C18H20N4O5/c1-12(23)20-13-3-5-14(6-4-13)21-18(24)16-11-15(22(25)26)7-8-17(16)19-9-10-27-2/h3-8,11,19H,9-10H2,1-2H3,(H,20,23)(H,21,24). The molecule has 0 aliphatic heterocycles. The summed E-state index contributed by atoms with van der Waals surface area (Å²) in [7, 11) is 1.55. The van der Waals surface area contributed by atoms with Crippen molar-refractivity contribution in [2.45, 2.75) is 6.92 Å². The molecular formula is C18H20N4O5. The maximum Gasteiger partial charge on any atom is 0.270 e. The van der Waals surface area contributed by atoms with Gasteiger partial charge in [-0.3, -0.25) is 19.7 Å². The van der Waals surface area contributed by atoms with Crippen LogP contribution in [0.2, 0.25) is 0 Å². The molecule has 0 spiro atoms. The maximum atomic E-state index is 12.6. The predicted octanol–water partition coefficient (Wildman–Crippen LogP) is 2.86. The zero-order valence-corrected chi connectivity index (χ0v) is 14.9. The van der Waals surface area contributed by atoms with Crippen molar-refractivity contribution in [3.63, 3.8) is 0 Å². The fourth-order valence-electron chi connectivity index (χ4n) is 2.31.